The lowest BCUT2D eigenvalue weighted by atomic mass is 11.0. The highest BCUT2D eigenvalue weighted by Crippen LogP contribution is 1.86. The number of nitrogens with zero attached hydrogens (tertiary/aromatic N) is 4. The van der Waals surface area contributed by atoms with E-state index in [0.29, 0.717) is 0 Å². The van der Waals surface area contributed by atoms with Gasteiger partial charge in [0.2, 0.25) is 0 Å². The maximum Gasteiger partial charge on any atom is 0.318 e. The summed E-state index contributed by atoms with van der Waals surface area (Å²) in [5.74, 6) is -0.556. The largest absolute Gasteiger partial charge is 0.412 e. The molecule has 10 nitrogen and oxygen atoms in total. The van der Waals surface area contributed by atoms with Crippen molar-refractivity contribution in [2.24, 2.45) is 16.0 Å². The van der Waals surface area contributed by atoms with E-state index in [1.54, 1.807) is 0 Å². The van der Waals surface area contributed by atoms with E-state index in [0.717, 1.165) is 0 Å². The minimum Gasteiger partial charge on any atom is -0.412 e. The van der Waals surface area contributed by atoms with Crippen LogP contribution in [-0.2, 0) is 0 Å². The Hall–Kier alpha value is -1.81. The third-order valence-corrected chi connectivity index (χ3v) is 0.666. The summed E-state index contributed by atoms with van der Waals surface area (Å²) in [5.41, 5.74) is 4.87. The summed E-state index contributed by atoms with van der Waals surface area (Å²) >= 11 is 0. The molecule has 0 unspecified atom stereocenters. The second kappa shape index (κ2) is 7.30. The van der Waals surface area contributed by atoms with E-state index in [9.17, 15) is 15.0 Å². The van der Waals surface area contributed by atoms with Gasteiger partial charge in [-0.05, 0) is 0 Å². The molecule has 0 saturated carbocycles. The lowest BCUT2D eigenvalue weighted by Gasteiger charge is -2.00. The number of hydrazine groups is 1. The van der Waals surface area contributed by atoms with E-state index in [2.05, 4.69) is 4.99 Å². The van der Waals surface area contributed by atoms with Crippen LogP contribution in [0.5, 0.6) is 0 Å². The van der Waals surface area contributed by atoms with Gasteiger partial charge in [-0.25, -0.2) is 4.99 Å². The van der Waals surface area contributed by atoms with Crippen LogP contribution in [0.1, 0.15) is 0 Å². The van der Waals surface area contributed by atoms with Crippen LogP contribution >= 0.6 is 0 Å². The second-order valence-corrected chi connectivity index (χ2v) is 1.19. The molecule has 72 valence electrons. The first-order chi connectivity index (χ1) is 4.63. The van der Waals surface area contributed by atoms with Gasteiger partial charge in [0.15, 0.2) is 0 Å². The van der Waals surface area contributed by atoms with Gasteiger partial charge in [0.1, 0.15) is 5.12 Å². The predicted molar refractivity (Wildman–Crippen MR) is 40.8 cm³/mol. The molecule has 0 bridgehead atoms. The van der Waals surface area contributed by atoms with E-state index in [-0.39, 0.29) is 16.7 Å². The van der Waals surface area contributed by atoms with Crippen molar-refractivity contribution >= 4 is 5.96 Å². The molecule has 0 heterocycles. The Labute approximate surface area is 67.0 Å². The molecular formula is C2H10N6O4. The molecule has 0 fully saturated rings. The quantitative estimate of drug-likeness (QED) is 0.171. The maximum atomic E-state index is 9.81. The fourth-order valence-corrected chi connectivity index (χ4v) is 0.245. The van der Waals surface area contributed by atoms with Gasteiger partial charge in [-0.2, -0.15) is 0 Å². The van der Waals surface area contributed by atoms with E-state index >= 15 is 0 Å². The zero-order valence-corrected chi connectivity index (χ0v) is 6.30. The van der Waals surface area contributed by atoms with Gasteiger partial charge in [-0.15, -0.1) is 0 Å². The molecule has 0 radical (unpaired) electrons. The van der Waals surface area contributed by atoms with Gasteiger partial charge in [-0.1, -0.05) is 0 Å². The van der Waals surface area contributed by atoms with E-state index in [4.69, 9.17) is 5.73 Å². The van der Waals surface area contributed by atoms with Crippen molar-refractivity contribution in [3.05, 3.63) is 15.0 Å². The van der Waals surface area contributed by atoms with Crippen molar-refractivity contribution in [1.29, 1.82) is 0 Å². The predicted octanol–water partition coefficient (Wildman–Crippen LogP) is -1.56. The molecule has 0 amide bonds. The zero-order chi connectivity index (χ0) is 8.15. The van der Waals surface area contributed by atoms with Gasteiger partial charge in [-0.3, -0.25) is 0 Å². The number of nitroso groups, excluding NO2 is 1. The molecule has 0 aliphatic rings. The number of hydrogen-bond donors (Lipinski definition) is 2. The molecular weight excluding hydrogens is 172 g/mol. The SMILES string of the molecule is CN=C(N)N(N=O)[N+](=O)[O-].N.O. The summed E-state index contributed by atoms with van der Waals surface area (Å²) in [6, 6.07) is 0. The van der Waals surface area contributed by atoms with Crippen LogP contribution in [0.15, 0.2) is 10.3 Å². The number of rotatable bonds is 2. The number of aliphatic imine (C=N–C) groups is 1. The minimum absolute atomic E-state index is 0. The topological polar surface area (TPSA) is 181 Å². The monoisotopic (exact) mass is 182 g/mol. The summed E-state index contributed by atoms with van der Waals surface area (Å²) in [4.78, 5) is 22.6. The summed E-state index contributed by atoms with van der Waals surface area (Å²) in [6.45, 7) is 0. The van der Waals surface area contributed by atoms with Gasteiger partial charge < -0.3 is 27.5 Å². The fraction of sp³-hybridized carbons (Fsp3) is 0.500. The molecule has 0 saturated heterocycles. The Bertz CT molecular complexity index is 178. The molecule has 10 heteroatoms. The van der Waals surface area contributed by atoms with Crippen molar-refractivity contribution < 1.29 is 10.5 Å². The first-order valence-electron chi connectivity index (χ1n) is 2.13. The first-order valence-corrected chi connectivity index (χ1v) is 2.13. The zero-order valence-electron chi connectivity index (χ0n) is 6.30. The molecule has 0 rings (SSSR count). The van der Waals surface area contributed by atoms with E-state index in [1.165, 1.54) is 7.05 Å². The average molecular weight is 182 g/mol. The van der Waals surface area contributed by atoms with Gasteiger partial charge in [0, 0.05) is 12.0 Å². The molecule has 0 spiro atoms. The summed E-state index contributed by atoms with van der Waals surface area (Å²) in [6.07, 6.45) is 0. The Balaban J connectivity index is -0.000000405. The number of nitrogens with two attached hydrogens (primary N) is 1. The van der Waals surface area contributed by atoms with Crippen LogP contribution in [0.3, 0.4) is 0 Å². The van der Waals surface area contributed by atoms with Crippen molar-refractivity contribution in [3.63, 3.8) is 0 Å². The van der Waals surface area contributed by atoms with Crippen LogP contribution in [-0.4, -0.2) is 28.6 Å². The van der Waals surface area contributed by atoms with Crippen molar-refractivity contribution in [2.45, 2.75) is 0 Å². The maximum absolute atomic E-state index is 9.81. The first kappa shape index (κ1) is 16.6. The summed E-state index contributed by atoms with van der Waals surface area (Å²) in [7, 11) is 1.21. The number of guanidine groups is 1. The number of hydrogen-bond acceptors (Lipinski definition) is 6. The molecule has 0 aromatic carbocycles. The minimum atomic E-state index is -1.07. The highest BCUT2D eigenvalue weighted by molar-refractivity contribution is 5.76. The van der Waals surface area contributed by atoms with Crippen LogP contribution in [0.4, 0.5) is 0 Å². The smallest absolute Gasteiger partial charge is 0.318 e. The third-order valence-electron chi connectivity index (χ3n) is 0.666. The molecule has 0 aliphatic heterocycles. The standard InChI is InChI=1S/C2H5N5O3.H3N.H2O/c1-4-2(3)6(5-8)7(9)10;;/h1H3,(H2,3,4);1H3;1H2. The summed E-state index contributed by atoms with van der Waals surface area (Å²) < 4.78 is 0. The Kier molecular flexibility index (Phi) is 10.1. The normalized spacial score (nSPS) is 8.92. The third kappa shape index (κ3) is 4.08. The molecule has 0 atom stereocenters. The molecule has 12 heavy (non-hydrogen) atoms. The van der Waals surface area contributed by atoms with Crippen molar-refractivity contribution in [3.8, 4) is 0 Å². The second-order valence-electron chi connectivity index (χ2n) is 1.19. The Morgan fingerprint density at radius 1 is 1.67 bits per heavy atom. The van der Waals surface area contributed by atoms with Crippen LogP contribution in [0.2, 0.25) is 0 Å². The van der Waals surface area contributed by atoms with Gasteiger partial charge >= 0.3 is 5.29 Å². The Morgan fingerprint density at radius 2 is 2.08 bits per heavy atom. The highest BCUT2D eigenvalue weighted by Gasteiger charge is 2.19. The number of nitro groups is 1. The van der Waals surface area contributed by atoms with Crippen LogP contribution in [0.25, 0.3) is 0 Å². The van der Waals surface area contributed by atoms with Gasteiger partial charge in [0.05, 0.1) is 5.03 Å². The lowest BCUT2D eigenvalue weighted by Crippen LogP contribution is -2.36. The van der Waals surface area contributed by atoms with Crippen molar-refractivity contribution in [2.75, 3.05) is 7.05 Å². The van der Waals surface area contributed by atoms with Crippen LogP contribution in [0, 0.1) is 15.0 Å². The van der Waals surface area contributed by atoms with Crippen molar-refractivity contribution in [1.82, 2.24) is 11.3 Å². The van der Waals surface area contributed by atoms with E-state index in [1.807, 2.05) is 5.29 Å². The molecule has 0 aliphatic carbocycles. The Morgan fingerprint density at radius 3 is 2.17 bits per heavy atom. The average Bonchev–Trinajstić information content (AvgIpc) is 1.88. The lowest BCUT2D eigenvalue weighted by molar-refractivity contribution is -0.631. The fourth-order valence-electron chi connectivity index (χ4n) is 0.245. The van der Waals surface area contributed by atoms with E-state index < -0.39 is 11.0 Å². The highest BCUT2D eigenvalue weighted by atomic mass is 16.7. The van der Waals surface area contributed by atoms with Crippen LogP contribution < -0.4 is 11.9 Å². The molecule has 0 aromatic heterocycles. The summed E-state index contributed by atoms with van der Waals surface area (Å²) in [5, 5.41) is 10.6. The molecule has 0 aromatic rings. The molecule has 7 N–H and O–H groups in total. The van der Waals surface area contributed by atoms with Gasteiger partial charge in [0.25, 0.3) is 5.96 Å².